The molecule has 2 aromatic rings. The Morgan fingerprint density at radius 1 is 1.10 bits per heavy atom. The Kier molecular flexibility index (Phi) is 2.15. The summed E-state index contributed by atoms with van der Waals surface area (Å²) in [5, 5.41) is 1.21. The number of fused-ring (bicyclic) bond motifs is 6. The fourth-order valence-electron chi connectivity index (χ4n) is 5.39. The summed E-state index contributed by atoms with van der Waals surface area (Å²) in [6.07, 6.45) is 6.30. The molecule has 3 aliphatic rings. The zero-order valence-corrected chi connectivity index (χ0v) is 11.6. The molecular formula is C18H20N2. The number of hydrogen-bond donors (Lipinski definition) is 1. The number of aromatic nitrogens is 1. The maximum Gasteiger partial charge on any atom is 0.0705 e. The summed E-state index contributed by atoms with van der Waals surface area (Å²) in [7, 11) is 0. The van der Waals surface area contributed by atoms with E-state index in [9.17, 15) is 0 Å². The molecule has 20 heavy (non-hydrogen) atoms. The molecule has 2 nitrogen and oxygen atoms in total. The van der Waals surface area contributed by atoms with Gasteiger partial charge in [-0.1, -0.05) is 18.2 Å². The van der Waals surface area contributed by atoms with Crippen LogP contribution in [0.2, 0.25) is 0 Å². The molecule has 0 aliphatic heterocycles. The third-order valence-electron chi connectivity index (χ3n) is 6.22. The summed E-state index contributed by atoms with van der Waals surface area (Å²) in [6, 6.07) is 10.9. The summed E-state index contributed by atoms with van der Waals surface area (Å²) < 4.78 is 0. The quantitative estimate of drug-likeness (QED) is 0.901. The van der Waals surface area contributed by atoms with Gasteiger partial charge < -0.3 is 5.73 Å². The highest BCUT2D eigenvalue weighted by Gasteiger charge is 2.66. The van der Waals surface area contributed by atoms with Gasteiger partial charge in [0.05, 0.1) is 5.52 Å². The number of pyridine rings is 1. The Balaban J connectivity index is 1.47. The van der Waals surface area contributed by atoms with Crippen LogP contribution in [-0.4, -0.2) is 4.98 Å². The van der Waals surface area contributed by atoms with Crippen LogP contribution in [0, 0.1) is 29.6 Å². The van der Waals surface area contributed by atoms with Gasteiger partial charge in [-0.05, 0) is 66.5 Å². The molecule has 2 bridgehead atoms. The standard InChI is InChI=1S/C18H20N2/c19-18(17-15-11-4-5-12(8-11)16(15)17)13-6-3-10-2-1-7-20-14(10)9-13/h1-3,6-7,9,11-12,15-18H,4-5,8,19H2. The van der Waals surface area contributed by atoms with Gasteiger partial charge in [0.25, 0.3) is 0 Å². The molecule has 1 aromatic heterocycles. The van der Waals surface area contributed by atoms with Crippen LogP contribution in [0.15, 0.2) is 36.5 Å². The maximum atomic E-state index is 6.61. The lowest BCUT2D eigenvalue weighted by Gasteiger charge is -2.17. The number of benzene rings is 1. The lowest BCUT2D eigenvalue weighted by molar-refractivity contribution is 0.418. The Morgan fingerprint density at radius 3 is 2.70 bits per heavy atom. The van der Waals surface area contributed by atoms with Gasteiger partial charge in [-0.25, -0.2) is 0 Å². The number of hydrogen-bond acceptors (Lipinski definition) is 2. The molecular weight excluding hydrogens is 244 g/mol. The van der Waals surface area contributed by atoms with Crippen LogP contribution in [0.3, 0.4) is 0 Å². The van der Waals surface area contributed by atoms with E-state index in [1.165, 1.54) is 30.2 Å². The SMILES string of the molecule is NC(c1ccc2cccnc2c1)C1C2C3CCC(C3)C21. The smallest absolute Gasteiger partial charge is 0.0705 e. The van der Waals surface area contributed by atoms with Crippen molar-refractivity contribution in [3.8, 4) is 0 Å². The Hall–Kier alpha value is -1.41. The normalized spacial score (nSPS) is 39.0. The Labute approximate surface area is 119 Å². The molecule has 2 heteroatoms. The van der Waals surface area contributed by atoms with Crippen molar-refractivity contribution >= 4 is 10.9 Å². The summed E-state index contributed by atoms with van der Waals surface area (Å²) in [4.78, 5) is 4.46. The third kappa shape index (κ3) is 1.40. The molecule has 3 saturated carbocycles. The van der Waals surface area contributed by atoms with Crippen molar-refractivity contribution in [2.75, 3.05) is 0 Å². The van der Waals surface area contributed by atoms with E-state index in [0.717, 1.165) is 35.1 Å². The molecule has 0 amide bonds. The van der Waals surface area contributed by atoms with Gasteiger partial charge in [-0.3, -0.25) is 4.98 Å². The largest absolute Gasteiger partial charge is 0.324 e. The van der Waals surface area contributed by atoms with E-state index < -0.39 is 0 Å². The number of nitrogens with zero attached hydrogens (tertiary/aromatic N) is 1. The highest BCUT2D eigenvalue weighted by atomic mass is 14.8. The molecule has 3 fully saturated rings. The summed E-state index contributed by atoms with van der Waals surface area (Å²) in [5.74, 6) is 4.65. The van der Waals surface area contributed by atoms with Crippen molar-refractivity contribution in [1.29, 1.82) is 0 Å². The summed E-state index contributed by atoms with van der Waals surface area (Å²) in [6.45, 7) is 0. The third-order valence-corrected chi connectivity index (χ3v) is 6.22. The van der Waals surface area contributed by atoms with E-state index in [-0.39, 0.29) is 6.04 Å². The lowest BCUT2D eigenvalue weighted by atomic mass is 9.93. The van der Waals surface area contributed by atoms with Crippen molar-refractivity contribution in [3.63, 3.8) is 0 Å². The minimum Gasteiger partial charge on any atom is -0.324 e. The molecule has 5 rings (SSSR count). The van der Waals surface area contributed by atoms with Gasteiger partial charge in [-0.15, -0.1) is 0 Å². The van der Waals surface area contributed by atoms with E-state index in [0.29, 0.717) is 0 Å². The first kappa shape index (κ1) is 11.3. The summed E-state index contributed by atoms with van der Waals surface area (Å²) >= 11 is 0. The van der Waals surface area contributed by atoms with Crippen molar-refractivity contribution < 1.29 is 0 Å². The van der Waals surface area contributed by atoms with Crippen LogP contribution < -0.4 is 5.73 Å². The summed E-state index contributed by atoms with van der Waals surface area (Å²) in [5.41, 5.74) is 8.97. The van der Waals surface area contributed by atoms with E-state index in [1.807, 2.05) is 12.3 Å². The van der Waals surface area contributed by atoms with E-state index in [2.05, 4.69) is 29.2 Å². The minimum atomic E-state index is 0.222. The number of nitrogens with two attached hydrogens (primary N) is 1. The van der Waals surface area contributed by atoms with Crippen LogP contribution in [-0.2, 0) is 0 Å². The van der Waals surface area contributed by atoms with Gasteiger partial charge in [-0.2, -0.15) is 0 Å². The first-order valence-corrected chi connectivity index (χ1v) is 7.93. The number of rotatable bonds is 2. The highest BCUT2D eigenvalue weighted by molar-refractivity contribution is 5.79. The van der Waals surface area contributed by atoms with Gasteiger partial charge in [0.15, 0.2) is 0 Å². The van der Waals surface area contributed by atoms with Gasteiger partial charge in [0.1, 0.15) is 0 Å². The predicted molar refractivity (Wildman–Crippen MR) is 80.0 cm³/mol. The van der Waals surface area contributed by atoms with Gasteiger partial charge >= 0.3 is 0 Å². The van der Waals surface area contributed by atoms with E-state index >= 15 is 0 Å². The average Bonchev–Trinajstić information content (AvgIpc) is 2.93. The molecule has 1 aromatic carbocycles. The molecule has 0 radical (unpaired) electrons. The maximum absolute atomic E-state index is 6.61. The van der Waals surface area contributed by atoms with Crippen LogP contribution in [0.25, 0.3) is 10.9 Å². The molecule has 1 heterocycles. The van der Waals surface area contributed by atoms with Crippen LogP contribution in [0.1, 0.15) is 30.9 Å². The first-order chi connectivity index (χ1) is 9.83. The van der Waals surface area contributed by atoms with Crippen molar-refractivity contribution in [1.82, 2.24) is 4.98 Å². The second kappa shape index (κ2) is 3.82. The molecule has 0 spiro atoms. The zero-order valence-electron chi connectivity index (χ0n) is 11.6. The highest BCUT2D eigenvalue weighted by Crippen LogP contribution is 2.71. The van der Waals surface area contributed by atoms with Crippen molar-refractivity contribution in [2.45, 2.75) is 25.3 Å². The zero-order chi connectivity index (χ0) is 13.3. The average molecular weight is 264 g/mol. The molecule has 2 N–H and O–H groups in total. The van der Waals surface area contributed by atoms with E-state index in [4.69, 9.17) is 5.73 Å². The van der Waals surface area contributed by atoms with Gasteiger partial charge in [0.2, 0.25) is 0 Å². The fraction of sp³-hybridized carbons (Fsp3) is 0.500. The van der Waals surface area contributed by atoms with Crippen molar-refractivity contribution in [3.05, 3.63) is 42.1 Å². The minimum absolute atomic E-state index is 0.222. The molecule has 0 saturated heterocycles. The van der Waals surface area contributed by atoms with Crippen LogP contribution in [0.5, 0.6) is 0 Å². The van der Waals surface area contributed by atoms with Crippen LogP contribution in [0.4, 0.5) is 0 Å². The van der Waals surface area contributed by atoms with Gasteiger partial charge in [0, 0.05) is 17.6 Å². The molecule has 3 aliphatic carbocycles. The monoisotopic (exact) mass is 264 g/mol. The topological polar surface area (TPSA) is 38.9 Å². The van der Waals surface area contributed by atoms with Crippen molar-refractivity contribution in [2.24, 2.45) is 35.3 Å². The molecule has 102 valence electrons. The fourth-order valence-corrected chi connectivity index (χ4v) is 5.39. The lowest BCUT2D eigenvalue weighted by Crippen LogP contribution is -2.17. The molecule has 5 unspecified atom stereocenters. The van der Waals surface area contributed by atoms with E-state index in [1.54, 1.807) is 0 Å². The first-order valence-electron chi connectivity index (χ1n) is 7.93. The molecule has 5 atom stereocenters. The Bertz CT molecular complexity index is 664. The van der Waals surface area contributed by atoms with Crippen LogP contribution >= 0.6 is 0 Å². The second-order valence-electron chi connectivity index (χ2n) is 7.05. The predicted octanol–water partition coefficient (Wildman–Crippen LogP) is 3.53. The Morgan fingerprint density at radius 2 is 1.90 bits per heavy atom. The second-order valence-corrected chi connectivity index (χ2v) is 7.05.